The predicted molar refractivity (Wildman–Crippen MR) is 96.9 cm³/mol. The Hall–Kier alpha value is -2.15. The third kappa shape index (κ3) is 3.53. The Bertz CT molecular complexity index is 877. The zero-order valence-electron chi connectivity index (χ0n) is 14.9. The maximum absolute atomic E-state index is 13.2. The highest BCUT2D eigenvalue weighted by molar-refractivity contribution is 6.31. The van der Waals surface area contributed by atoms with Gasteiger partial charge in [-0.2, -0.15) is 5.10 Å². The van der Waals surface area contributed by atoms with Gasteiger partial charge in [-0.3, -0.25) is 9.36 Å². The van der Waals surface area contributed by atoms with Crippen LogP contribution in [0.4, 0.5) is 4.39 Å². The summed E-state index contributed by atoms with van der Waals surface area (Å²) in [5, 5.41) is 4.67. The monoisotopic (exact) mass is 380 g/mol. The van der Waals surface area contributed by atoms with Crippen molar-refractivity contribution in [2.24, 2.45) is 0 Å². The Morgan fingerprint density at radius 3 is 2.92 bits per heavy atom. The van der Waals surface area contributed by atoms with Crippen molar-refractivity contribution in [2.45, 2.75) is 45.2 Å². The second kappa shape index (κ2) is 7.61. The molecule has 0 fully saturated rings. The molecule has 1 atom stereocenters. The molecular weight excluding hydrogens is 359 g/mol. The second-order valence-electron chi connectivity index (χ2n) is 6.64. The van der Waals surface area contributed by atoms with Crippen molar-refractivity contribution in [1.29, 1.82) is 0 Å². The number of likely N-dealkylation sites (N-methyl/N-ethyl adjacent to an activating group) is 1. The van der Waals surface area contributed by atoms with Gasteiger partial charge in [0.1, 0.15) is 11.6 Å². The van der Waals surface area contributed by atoms with Gasteiger partial charge in [0, 0.05) is 25.2 Å². The summed E-state index contributed by atoms with van der Waals surface area (Å²) < 4.78 is 16.1. The molecule has 0 radical (unpaired) electrons. The number of hydrogen-bond acceptors (Lipinski definition) is 3. The molecule has 2 aromatic rings. The molecule has 26 heavy (non-hydrogen) atoms. The van der Waals surface area contributed by atoms with Gasteiger partial charge in [0.2, 0.25) is 5.91 Å². The normalized spacial score (nSPS) is 16.4. The Labute approximate surface area is 156 Å². The lowest BCUT2D eigenvalue weighted by Crippen LogP contribution is -2.36. The first kappa shape index (κ1) is 18.6. The summed E-state index contributed by atoms with van der Waals surface area (Å²) in [4.78, 5) is 27.1. The number of amides is 1. The molecule has 1 aliphatic rings. The Balaban J connectivity index is 1.92. The number of nitrogens with zero attached hydrogens (tertiary/aromatic N) is 4. The summed E-state index contributed by atoms with van der Waals surface area (Å²) in [6.07, 6.45) is 2.31. The summed E-state index contributed by atoms with van der Waals surface area (Å²) in [7, 11) is 1.78. The molecule has 0 saturated heterocycles. The van der Waals surface area contributed by atoms with E-state index in [1.54, 1.807) is 22.6 Å². The van der Waals surface area contributed by atoms with Crippen molar-refractivity contribution < 1.29 is 9.18 Å². The highest BCUT2D eigenvalue weighted by Crippen LogP contribution is 2.26. The van der Waals surface area contributed by atoms with E-state index in [9.17, 15) is 14.0 Å². The van der Waals surface area contributed by atoms with Gasteiger partial charge in [0.15, 0.2) is 0 Å². The average Bonchev–Trinajstić information content (AvgIpc) is 2.93. The van der Waals surface area contributed by atoms with Crippen molar-refractivity contribution in [2.75, 3.05) is 13.6 Å². The minimum Gasteiger partial charge on any atom is -0.345 e. The van der Waals surface area contributed by atoms with Crippen molar-refractivity contribution in [3.63, 3.8) is 0 Å². The van der Waals surface area contributed by atoms with E-state index in [0.29, 0.717) is 30.9 Å². The Morgan fingerprint density at radius 2 is 2.23 bits per heavy atom. The molecule has 1 aliphatic heterocycles. The summed E-state index contributed by atoms with van der Waals surface area (Å²) in [5.41, 5.74) is 0.340. The molecule has 1 amide bonds. The lowest BCUT2D eigenvalue weighted by atomic mass is 9.97. The van der Waals surface area contributed by atoms with E-state index in [2.05, 4.69) is 5.10 Å². The molecule has 140 valence electrons. The fourth-order valence-electron chi connectivity index (χ4n) is 3.37. The van der Waals surface area contributed by atoms with Crippen LogP contribution >= 0.6 is 11.6 Å². The van der Waals surface area contributed by atoms with Crippen LogP contribution in [0.1, 0.15) is 43.5 Å². The molecule has 0 aliphatic carbocycles. The van der Waals surface area contributed by atoms with E-state index >= 15 is 0 Å². The van der Waals surface area contributed by atoms with Crippen LogP contribution in [0, 0.1) is 5.82 Å². The van der Waals surface area contributed by atoms with Gasteiger partial charge in [-0.15, -0.1) is 0 Å². The van der Waals surface area contributed by atoms with Gasteiger partial charge in [0.25, 0.3) is 0 Å². The number of fused-ring (bicyclic) bond motifs is 1. The first-order chi connectivity index (χ1) is 12.4. The number of hydrogen-bond donors (Lipinski definition) is 0. The first-order valence-electron chi connectivity index (χ1n) is 8.78. The number of aromatic nitrogens is 3. The molecule has 1 aromatic carbocycles. The quantitative estimate of drug-likeness (QED) is 0.801. The summed E-state index contributed by atoms with van der Waals surface area (Å²) in [5.74, 6) is -0.338. The topological polar surface area (TPSA) is 60.1 Å². The van der Waals surface area contributed by atoms with Crippen molar-refractivity contribution in [3.05, 3.63) is 50.9 Å². The summed E-state index contributed by atoms with van der Waals surface area (Å²) in [6, 6.07) is 4.05. The van der Waals surface area contributed by atoms with Gasteiger partial charge in [-0.25, -0.2) is 13.9 Å². The van der Waals surface area contributed by atoms with Crippen LogP contribution in [0.2, 0.25) is 5.02 Å². The number of carbonyl (C=O) groups excluding carboxylic acids is 1. The molecule has 0 saturated carbocycles. The maximum atomic E-state index is 13.2. The first-order valence-corrected chi connectivity index (χ1v) is 9.16. The molecule has 3 rings (SSSR count). The van der Waals surface area contributed by atoms with E-state index in [1.165, 1.54) is 16.8 Å². The standard InChI is InChI=1S/C18H22ClFN4O2/c1-3-8-22(2)17(25)14-5-4-9-23-16(14)21-24(18(23)26)11-12-6-7-13(20)10-15(12)19/h6-7,10,14H,3-5,8-9,11H2,1-2H3. The fourth-order valence-corrected chi connectivity index (χ4v) is 3.60. The lowest BCUT2D eigenvalue weighted by Gasteiger charge is -2.25. The number of halogens is 2. The Morgan fingerprint density at radius 1 is 1.46 bits per heavy atom. The molecule has 0 bridgehead atoms. The predicted octanol–water partition coefficient (Wildman–Crippen LogP) is 2.63. The van der Waals surface area contributed by atoms with Gasteiger partial charge in [-0.05, 0) is 37.0 Å². The lowest BCUT2D eigenvalue weighted by molar-refractivity contribution is -0.132. The van der Waals surface area contributed by atoms with Crippen LogP contribution in [-0.2, 0) is 17.9 Å². The van der Waals surface area contributed by atoms with E-state index in [-0.39, 0.29) is 23.2 Å². The van der Waals surface area contributed by atoms with E-state index in [0.717, 1.165) is 12.8 Å². The molecule has 1 aromatic heterocycles. The third-order valence-corrected chi connectivity index (χ3v) is 5.06. The van der Waals surface area contributed by atoms with Crippen LogP contribution < -0.4 is 5.69 Å². The molecule has 6 nitrogen and oxygen atoms in total. The molecule has 2 heterocycles. The van der Waals surface area contributed by atoms with Crippen LogP contribution in [0.5, 0.6) is 0 Å². The third-order valence-electron chi connectivity index (χ3n) is 4.71. The molecule has 8 heteroatoms. The average molecular weight is 381 g/mol. The van der Waals surface area contributed by atoms with Gasteiger partial charge in [-0.1, -0.05) is 24.6 Å². The summed E-state index contributed by atoms with van der Waals surface area (Å²) in [6.45, 7) is 3.38. The molecule has 0 N–H and O–H groups in total. The van der Waals surface area contributed by atoms with Gasteiger partial charge in [0.05, 0.1) is 12.5 Å². The largest absolute Gasteiger partial charge is 0.346 e. The zero-order valence-corrected chi connectivity index (χ0v) is 15.7. The number of carbonyl (C=O) groups is 1. The number of benzene rings is 1. The van der Waals surface area contributed by atoms with Crippen molar-refractivity contribution in [1.82, 2.24) is 19.2 Å². The minimum absolute atomic E-state index is 0.00948. The van der Waals surface area contributed by atoms with Crippen molar-refractivity contribution in [3.8, 4) is 0 Å². The van der Waals surface area contributed by atoms with Crippen LogP contribution in [0.3, 0.4) is 0 Å². The van der Waals surface area contributed by atoms with Crippen LogP contribution in [0.25, 0.3) is 0 Å². The highest BCUT2D eigenvalue weighted by Gasteiger charge is 2.32. The van der Waals surface area contributed by atoms with E-state index in [1.807, 2.05) is 6.92 Å². The smallest absolute Gasteiger partial charge is 0.345 e. The molecule has 1 unspecified atom stereocenters. The second-order valence-corrected chi connectivity index (χ2v) is 7.05. The zero-order chi connectivity index (χ0) is 18.8. The van der Waals surface area contributed by atoms with E-state index < -0.39 is 11.7 Å². The summed E-state index contributed by atoms with van der Waals surface area (Å²) >= 11 is 6.06. The minimum atomic E-state index is -0.431. The van der Waals surface area contributed by atoms with Gasteiger partial charge < -0.3 is 4.90 Å². The van der Waals surface area contributed by atoms with Crippen molar-refractivity contribution >= 4 is 17.5 Å². The SMILES string of the molecule is CCCN(C)C(=O)C1CCCn2c1nn(Cc1ccc(F)cc1Cl)c2=O. The van der Waals surface area contributed by atoms with Crippen LogP contribution in [0.15, 0.2) is 23.0 Å². The maximum Gasteiger partial charge on any atom is 0.346 e. The highest BCUT2D eigenvalue weighted by atomic mass is 35.5. The fraction of sp³-hybridized carbons (Fsp3) is 0.500. The van der Waals surface area contributed by atoms with Crippen LogP contribution in [-0.4, -0.2) is 38.7 Å². The van der Waals surface area contributed by atoms with E-state index in [4.69, 9.17) is 11.6 Å². The number of rotatable bonds is 5. The molecular formula is C18H22ClFN4O2. The van der Waals surface area contributed by atoms with Gasteiger partial charge >= 0.3 is 5.69 Å². The Kier molecular flexibility index (Phi) is 5.46. The molecule has 0 spiro atoms.